The number of amides is 1. The molecule has 13 nitrogen and oxygen atoms in total. The highest BCUT2D eigenvalue weighted by Gasteiger charge is 2.37. The summed E-state index contributed by atoms with van der Waals surface area (Å²) in [7, 11) is 0. The zero-order valence-corrected chi connectivity index (χ0v) is 28.9. The van der Waals surface area contributed by atoms with Crippen LogP contribution in [0.15, 0.2) is 48.5 Å². The number of aliphatic hydroxyl groups excluding tert-OH is 2. The van der Waals surface area contributed by atoms with Crippen LogP contribution < -0.4 is 26.6 Å². The van der Waals surface area contributed by atoms with E-state index in [1.165, 1.54) is 12.1 Å². The van der Waals surface area contributed by atoms with E-state index in [1.807, 2.05) is 0 Å². The number of rotatable bonds is 14. The highest BCUT2D eigenvalue weighted by atomic mass is 35.5. The number of carbonyl (C=O) groups is 3. The summed E-state index contributed by atoms with van der Waals surface area (Å²) in [6.07, 6.45) is -0.601. The van der Waals surface area contributed by atoms with Crippen molar-refractivity contribution >= 4 is 71.1 Å². The number of benzene rings is 3. The molecule has 1 amide bonds. The Morgan fingerprint density at radius 2 is 1.21 bits per heavy atom. The molecule has 0 radical (unpaired) electrons. The number of ether oxygens (including phenoxy) is 1. The van der Waals surface area contributed by atoms with Crippen molar-refractivity contribution in [1.82, 2.24) is 10.6 Å². The molecule has 0 bridgehead atoms. The fourth-order valence-corrected chi connectivity index (χ4v) is 4.76. The van der Waals surface area contributed by atoms with Gasteiger partial charge in [-0.15, -0.1) is 24.8 Å². The van der Waals surface area contributed by atoms with Crippen molar-refractivity contribution < 1.29 is 39.5 Å². The minimum Gasteiger partial charge on any atom is -0.507 e. The Balaban J connectivity index is 0.000000609. The third kappa shape index (κ3) is 11.7. The zero-order valence-electron chi connectivity index (χ0n) is 26.5. The van der Waals surface area contributed by atoms with Crippen LogP contribution in [0.2, 0.25) is 5.02 Å². The highest BCUT2D eigenvalue weighted by molar-refractivity contribution is 6.33. The van der Waals surface area contributed by atoms with Crippen LogP contribution in [-0.4, -0.2) is 96.7 Å². The Morgan fingerprint density at radius 1 is 0.729 bits per heavy atom. The first-order valence-electron chi connectivity index (χ1n) is 14.7. The van der Waals surface area contributed by atoms with Crippen LogP contribution in [0.5, 0.6) is 11.5 Å². The molecule has 4 rings (SSSR count). The van der Waals surface area contributed by atoms with Crippen molar-refractivity contribution in [3.63, 3.8) is 0 Å². The molecule has 0 fully saturated rings. The summed E-state index contributed by atoms with van der Waals surface area (Å²) in [5.41, 5.74) is 1.31. The molecule has 0 aromatic heterocycles. The fraction of sp³-hybridized carbons (Fsp3) is 0.344. The van der Waals surface area contributed by atoms with Gasteiger partial charge in [0.15, 0.2) is 0 Å². The molecule has 0 unspecified atom stereocenters. The van der Waals surface area contributed by atoms with Crippen LogP contribution in [0.1, 0.15) is 45.7 Å². The maximum absolute atomic E-state index is 13.4. The summed E-state index contributed by atoms with van der Waals surface area (Å²) in [6, 6.07) is 12.6. The van der Waals surface area contributed by atoms with Crippen molar-refractivity contribution in [1.29, 1.82) is 0 Å². The monoisotopic (exact) mass is 729 g/mol. The van der Waals surface area contributed by atoms with Gasteiger partial charge in [0, 0.05) is 61.4 Å². The second-order valence-electron chi connectivity index (χ2n) is 10.3. The molecule has 264 valence electrons. The fourth-order valence-electron chi connectivity index (χ4n) is 4.57. The van der Waals surface area contributed by atoms with Gasteiger partial charge in [0.25, 0.3) is 0 Å². The molecule has 3 aromatic rings. The van der Waals surface area contributed by atoms with E-state index in [0.717, 1.165) is 0 Å². The van der Waals surface area contributed by atoms with Crippen molar-refractivity contribution in [2.45, 2.75) is 20.0 Å². The Bertz CT molecular complexity index is 1450. The summed E-state index contributed by atoms with van der Waals surface area (Å²) in [5.74, 6) is -1.86. The molecule has 3 aromatic carbocycles. The third-order valence-corrected chi connectivity index (χ3v) is 6.74. The first kappa shape index (κ1) is 42.2. The molecule has 1 aliphatic rings. The summed E-state index contributed by atoms with van der Waals surface area (Å²) in [6.45, 7) is 6.39. The van der Waals surface area contributed by atoms with E-state index in [2.05, 4.69) is 26.6 Å². The van der Waals surface area contributed by atoms with Gasteiger partial charge in [-0.3, -0.25) is 14.9 Å². The smallest absolute Gasteiger partial charge is 0.411 e. The van der Waals surface area contributed by atoms with Gasteiger partial charge >= 0.3 is 6.09 Å². The minimum absolute atomic E-state index is 0. The lowest BCUT2D eigenvalue weighted by atomic mass is 9.81. The topological polar surface area (TPSA) is 202 Å². The normalized spacial score (nSPS) is 11.2. The van der Waals surface area contributed by atoms with Crippen molar-refractivity contribution in [3.8, 4) is 11.5 Å². The SMILES string of the molecule is CC(C)OC(=O)Nc1cccc(Cl)c1.Cl.Cl.O=C1c2c(O)ccc(O)c2C(=O)c2c(NCCNCCO)ccc(NCCNCCO)c21. The number of aliphatic hydroxyl groups is 2. The second kappa shape index (κ2) is 21.2. The lowest BCUT2D eigenvalue weighted by Gasteiger charge is -2.25. The lowest BCUT2D eigenvalue weighted by molar-refractivity contribution is 0.0975. The number of phenols is 2. The molecule has 16 heteroatoms. The van der Waals surface area contributed by atoms with Gasteiger partial charge in [-0.2, -0.15) is 0 Å². The Morgan fingerprint density at radius 3 is 1.62 bits per heavy atom. The predicted octanol–water partition coefficient (Wildman–Crippen LogP) is 4.00. The maximum Gasteiger partial charge on any atom is 0.411 e. The number of hydrogen-bond acceptors (Lipinski definition) is 12. The molecule has 0 atom stereocenters. The first-order chi connectivity index (χ1) is 22.1. The average Bonchev–Trinajstić information content (AvgIpc) is 3.00. The predicted molar refractivity (Wildman–Crippen MR) is 191 cm³/mol. The standard InChI is InChI=1S/C22H28N4O6.C10H12ClNO2.2ClH/c27-11-9-23-5-7-25-13-1-2-14(26-8-6-24-10-12-28)18-17(13)21(31)19-15(29)3-4-16(30)20(19)22(18)32;1-7(2)14-10(13)12-9-5-3-4-8(11)6-9;;/h1-4,23-30H,5-12H2;3-7H,1-2H3,(H,12,13);2*1H. The molecule has 0 saturated carbocycles. The van der Waals surface area contributed by atoms with Crippen LogP contribution in [0.3, 0.4) is 0 Å². The average molecular weight is 731 g/mol. The molecule has 1 aliphatic carbocycles. The Hall–Kier alpha value is -3.82. The number of anilines is 3. The van der Waals surface area contributed by atoms with E-state index in [4.69, 9.17) is 26.6 Å². The molecular weight excluding hydrogens is 689 g/mol. The largest absolute Gasteiger partial charge is 0.507 e. The number of fused-ring (bicyclic) bond motifs is 2. The number of hydrogen-bond donors (Lipinski definition) is 9. The molecular formula is C32H42Cl3N5O8. The van der Waals surface area contributed by atoms with E-state index >= 15 is 0 Å². The third-order valence-electron chi connectivity index (χ3n) is 6.50. The number of carbonyl (C=O) groups excluding carboxylic acids is 3. The van der Waals surface area contributed by atoms with Crippen LogP contribution in [0.4, 0.5) is 21.9 Å². The van der Waals surface area contributed by atoms with Gasteiger partial charge in [-0.25, -0.2) is 4.79 Å². The highest BCUT2D eigenvalue weighted by Crippen LogP contribution is 2.42. The number of nitrogens with one attached hydrogen (secondary N) is 5. The van der Waals surface area contributed by atoms with Crippen LogP contribution >= 0.6 is 36.4 Å². The van der Waals surface area contributed by atoms with E-state index in [-0.39, 0.29) is 77.9 Å². The Labute approximate surface area is 296 Å². The quantitative estimate of drug-likeness (QED) is 0.0668. The molecule has 0 aliphatic heterocycles. The van der Waals surface area contributed by atoms with Crippen LogP contribution in [0.25, 0.3) is 0 Å². The van der Waals surface area contributed by atoms with E-state index in [0.29, 0.717) is 61.4 Å². The first-order valence-corrected chi connectivity index (χ1v) is 15.1. The summed E-state index contributed by atoms with van der Waals surface area (Å²) in [5, 5.41) is 53.7. The maximum atomic E-state index is 13.4. The van der Waals surface area contributed by atoms with Gasteiger partial charge in [-0.05, 0) is 56.3 Å². The molecule has 0 spiro atoms. The van der Waals surface area contributed by atoms with Gasteiger partial charge in [0.1, 0.15) is 11.5 Å². The molecule has 48 heavy (non-hydrogen) atoms. The lowest BCUT2D eigenvalue weighted by Crippen LogP contribution is -2.28. The van der Waals surface area contributed by atoms with E-state index in [9.17, 15) is 24.6 Å². The zero-order chi connectivity index (χ0) is 33.6. The number of ketones is 2. The summed E-state index contributed by atoms with van der Waals surface area (Å²) >= 11 is 5.74. The second-order valence-corrected chi connectivity index (χ2v) is 10.7. The Kier molecular flexibility index (Phi) is 18.7. The summed E-state index contributed by atoms with van der Waals surface area (Å²) in [4.78, 5) is 37.9. The molecule has 9 N–H and O–H groups in total. The number of halogens is 3. The van der Waals surface area contributed by atoms with Gasteiger partial charge in [-0.1, -0.05) is 17.7 Å². The van der Waals surface area contributed by atoms with Crippen LogP contribution in [0, 0.1) is 0 Å². The van der Waals surface area contributed by atoms with Crippen molar-refractivity contribution in [3.05, 3.63) is 75.8 Å². The summed E-state index contributed by atoms with van der Waals surface area (Å²) < 4.78 is 4.90. The minimum atomic E-state index is -0.559. The molecule has 0 heterocycles. The van der Waals surface area contributed by atoms with E-state index in [1.54, 1.807) is 50.2 Å². The van der Waals surface area contributed by atoms with Gasteiger partial charge in [0.05, 0.1) is 41.6 Å². The van der Waals surface area contributed by atoms with E-state index < -0.39 is 17.7 Å². The number of aromatic hydroxyl groups is 2. The number of phenolic OH excluding ortho intramolecular Hbond substituents is 2. The van der Waals surface area contributed by atoms with Crippen molar-refractivity contribution in [2.75, 3.05) is 68.4 Å². The molecule has 0 saturated heterocycles. The van der Waals surface area contributed by atoms with Crippen LogP contribution in [-0.2, 0) is 4.74 Å². The van der Waals surface area contributed by atoms with Crippen molar-refractivity contribution in [2.24, 2.45) is 0 Å². The van der Waals surface area contributed by atoms with Gasteiger partial charge in [0.2, 0.25) is 11.6 Å². The van der Waals surface area contributed by atoms with Gasteiger partial charge < -0.3 is 46.4 Å².